The molecule has 0 radical (unpaired) electrons. The van der Waals surface area contributed by atoms with Gasteiger partial charge in [-0.05, 0) is 13.2 Å². The van der Waals surface area contributed by atoms with Crippen LogP contribution in [0, 0.1) is 0 Å². The van der Waals surface area contributed by atoms with Gasteiger partial charge in [-0.25, -0.2) is 4.98 Å². The SMILES string of the molecule is COC[C@H](C)Oc1nc(SC)ncc1C(F)(F)F. The molecule has 0 N–H and O–H groups in total. The van der Waals surface area contributed by atoms with E-state index in [1.807, 2.05) is 0 Å². The third kappa shape index (κ3) is 4.02. The number of ether oxygens (including phenoxy) is 2. The number of methoxy groups -OCH3 is 1. The van der Waals surface area contributed by atoms with Crippen molar-refractivity contribution < 1.29 is 22.6 Å². The van der Waals surface area contributed by atoms with E-state index in [-0.39, 0.29) is 11.8 Å². The number of thioether (sulfide) groups is 1. The number of halogens is 3. The highest BCUT2D eigenvalue weighted by molar-refractivity contribution is 7.98. The molecule has 0 aliphatic heterocycles. The maximum atomic E-state index is 12.7. The third-order valence-electron chi connectivity index (χ3n) is 1.93. The zero-order valence-corrected chi connectivity index (χ0v) is 10.9. The zero-order valence-electron chi connectivity index (χ0n) is 10.1. The Balaban J connectivity index is 3.04. The highest BCUT2D eigenvalue weighted by Crippen LogP contribution is 2.35. The smallest absolute Gasteiger partial charge is 0.423 e. The second-order valence-corrected chi connectivity index (χ2v) is 4.23. The van der Waals surface area contributed by atoms with Crippen LogP contribution in [0.3, 0.4) is 0 Å². The van der Waals surface area contributed by atoms with Gasteiger partial charge in [0.1, 0.15) is 11.7 Å². The van der Waals surface area contributed by atoms with Gasteiger partial charge in [-0.2, -0.15) is 18.2 Å². The molecule has 1 atom stereocenters. The van der Waals surface area contributed by atoms with Crippen molar-refractivity contribution in [3.05, 3.63) is 11.8 Å². The lowest BCUT2D eigenvalue weighted by atomic mass is 10.3. The van der Waals surface area contributed by atoms with Crippen LogP contribution in [0.2, 0.25) is 0 Å². The van der Waals surface area contributed by atoms with Crippen LogP contribution < -0.4 is 4.74 Å². The largest absolute Gasteiger partial charge is 0.472 e. The average molecular weight is 282 g/mol. The summed E-state index contributed by atoms with van der Waals surface area (Å²) in [6.45, 7) is 1.78. The molecule has 18 heavy (non-hydrogen) atoms. The summed E-state index contributed by atoms with van der Waals surface area (Å²) in [7, 11) is 1.44. The molecule has 102 valence electrons. The summed E-state index contributed by atoms with van der Waals surface area (Å²) < 4.78 is 48.1. The first-order valence-electron chi connectivity index (χ1n) is 5.02. The van der Waals surface area contributed by atoms with Crippen LogP contribution in [0.15, 0.2) is 11.4 Å². The fourth-order valence-electron chi connectivity index (χ4n) is 1.19. The molecule has 1 heterocycles. The lowest BCUT2D eigenvalue weighted by Gasteiger charge is -2.17. The van der Waals surface area contributed by atoms with Crippen LogP contribution in [-0.2, 0) is 10.9 Å². The van der Waals surface area contributed by atoms with Crippen LogP contribution in [0.1, 0.15) is 12.5 Å². The Hall–Kier alpha value is -1.02. The molecule has 0 spiro atoms. The van der Waals surface area contributed by atoms with Gasteiger partial charge < -0.3 is 9.47 Å². The third-order valence-corrected chi connectivity index (χ3v) is 2.50. The quantitative estimate of drug-likeness (QED) is 0.613. The van der Waals surface area contributed by atoms with Gasteiger partial charge in [0.05, 0.1) is 6.61 Å². The van der Waals surface area contributed by atoms with Crippen molar-refractivity contribution >= 4 is 11.8 Å². The van der Waals surface area contributed by atoms with Gasteiger partial charge in [-0.15, -0.1) is 0 Å². The monoisotopic (exact) mass is 282 g/mol. The molecule has 1 aromatic heterocycles. The lowest BCUT2D eigenvalue weighted by molar-refractivity contribution is -0.140. The molecule has 0 unspecified atom stereocenters. The molecular formula is C10H13F3N2O2S. The van der Waals surface area contributed by atoms with E-state index in [0.29, 0.717) is 0 Å². The number of rotatable bonds is 5. The molecule has 0 aliphatic carbocycles. The number of hydrogen-bond donors (Lipinski definition) is 0. The summed E-state index contributed by atoms with van der Waals surface area (Å²) in [4.78, 5) is 7.33. The summed E-state index contributed by atoms with van der Waals surface area (Å²) in [5.74, 6) is -0.466. The topological polar surface area (TPSA) is 44.2 Å². The Bertz CT molecular complexity index is 401. The average Bonchev–Trinajstić information content (AvgIpc) is 2.27. The number of nitrogens with zero attached hydrogens (tertiary/aromatic N) is 2. The zero-order chi connectivity index (χ0) is 13.8. The van der Waals surface area contributed by atoms with Gasteiger partial charge in [-0.1, -0.05) is 11.8 Å². The van der Waals surface area contributed by atoms with Crippen molar-refractivity contribution in [2.24, 2.45) is 0 Å². The minimum absolute atomic E-state index is 0.176. The first-order chi connectivity index (χ1) is 8.38. The summed E-state index contributed by atoms with van der Waals surface area (Å²) in [6.07, 6.45) is -2.67. The van der Waals surface area contributed by atoms with Gasteiger partial charge in [0.25, 0.3) is 0 Å². The minimum Gasteiger partial charge on any atom is -0.472 e. The van der Waals surface area contributed by atoms with Crippen LogP contribution >= 0.6 is 11.8 Å². The van der Waals surface area contributed by atoms with E-state index < -0.39 is 23.7 Å². The Morgan fingerprint density at radius 1 is 1.44 bits per heavy atom. The predicted molar refractivity (Wildman–Crippen MR) is 60.8 cm³/mol. The Morgan fingerprint density at radius 2 is 2.11 bits per heavy atom. The first-order valence-corrected chi connectivity index (χ1v) is 6.24. The minimum atomic E-state index is -4.54. The van der Waals surface area contributed by atoms with Crippen molar-refractivity contribution in [2.45, 2.75) is 24.4 Å². The van der Waals surface area contributed by atoms with E-state index in [0.717, 1.165) is 18.0 Å². The second-order valence-electron chi connectivity index (χ2n) is 3.46. The molecule has 0 amide bonds. The van der Waals surface area contributed by atoms with Crippen LogP contribution in [0.5, 0.6) is 5.88 Å². The summed E-state index contributed by atoms with van der Waals surface area (Å²) in [5, 5.41) is 0.225. The van der Waals surface area contributed by atoms with Gasteiger partial charge in [-0.3, -0.25) is 0 Å². The van der Waals surface area contributed by atoms with Gasteiger partial charge in [0.15, 0.2) is 5.16 Å². The molecular weight excluding hydrogens is 269 g/mol. The lowest BCUT2D eigenvalue weighted by Crippen LogP contribution is -2.21. The van der Waals surface area contributed by atoms with E-state index in [1.165, 1.54) is 7.11 Å². The fourth-order valence-corrected chi connectivity index (χ4v) is 1.53. The molecule has 0 saturated carbocycles. The van der Waals surface area contributed by atoms with Gasteiger partial charge in [0.2, 0.25) is 5.88 Å². The molecule has 0 bridgehead atoms. The maximum absolute atomic E-state index is 12.7. The van der Waals surface area contributed by atoms with Crippen LogP contribution in [0.4, 0.5) is 13.2 Å². The van der Waals surface area contributed by atoms with E-state index in [2.05, 4.69) is 9.97 Å². The van der Waals surface area contributed by atoms with Gasteiger partial charge >= 0.3 is 6.18 Å². The van der Waals surface area contributed by atoms with E-state index in [9.17, 15) is 13.2 Å². The maximum Gasteiger partial charge on any atom is 0.423 e. The highest BCUT2D eigenvalue weighted by Gasteiger charge is 2.36. The van der Waals surface area contributed by atoms with Crippen LogP contribution in [-0.4, -0.2) is 36.0 Å². The van der Waals surface area contributed by atoms with Crippen molar-refractivity contribution in [1.29, 1.82) is 0 Å². The first kappa shape index (κ1) is 15.0. The summed E-state index contributed by atoms with van der Waals surface area (Å²) in [5.41, 5.74) is -0.983. The Morgan fingerprint density at radius 3 is 2.61 bits per heavy atom. The van der Waals surface area contributed by atoms with E-state index in [1.54, 1.807) is 13.2 Å². The number of alkyl halides is 3. The molecule has 0 aromatic carbocycles. The Kier molecular flexibility index (Phi) is 5.21. The normalized spacial score (nSPS) is 13.4. The molecule has 0 aliphatic rings. The van der Waals surface area contributed by atoms with E-state index >= 15 is 0 Å². The van der Waals surface area contributed by atoms with E-state index in [4.69, 9.17) is 9.47 Å². The van der Waals surface area contributed by atoms with Crippen molar-refractivity contribution in [3.63, 3.8) is 0 Å². The van der Waals surface area contributed by atoms with Crippen molar-refractivity contribution in [3.8, 4) is 5.88 Å². The molecule has 0 fully saturated rings. The van der Waals surface area contributed by atoms with Crippen molar-refractivity contribution in [1.82, 2.24) is 9.97 Å². The van der Waals surface area contributed by atoms with Crippen LogP contribution in [0.25, 0.3) is 0 Å². The number of hydrogen-bond acceptors (Lipinski definition) is 5. The molecule has 1 aromatic rings. The summed E-state index contributed by atoms with van der Waals surface area (Å²) in [6, 6.07) is 0. The second kappa shape index (κ2) is 6.24. The standard InChI is InChI=1S/C10H13F3N2O2S/c1-6(5-16-2)17-8-7(10(11,12)13)4-14-9(15-8)18-3/h4,6H,5H2,1-3H3/t6-/m0/s1. The fraction of sp³-hybridized carbons (Fsp3) is 0.600. The molecule has 4 nitrogen and oxygen atoms in total. The molecule has 1 rings (SSSR count). The summed E-state index contributed by atoms with van der Waals surface area (Å²) >= 11 is 1.14. The highest BCUT2D eigenvalue weighted by atomic mass is 32.2. The predicted octanol–water partition coefficient (Wildman–Crippen LogP) is 2.63. The molecule has 0 saturated heterocycles. The van der Waals surface area contributed by atoms with Crippen molar-refractivity contribution in [2.75, 3.05) is 20.0 Å². The Labute approximate surface area is 107 Å². The van der Waals surface area contributed by atoms with Gasteiger partial charge in [0, 0.05) is 13.3 Å². The number of aromatic nitrogens is 2. The molecule has 8 heteroatoms.